The van der Waals surface area contributed by atoms with Gasteiger partial charge in [-0.1, -0.05) is 43.9 Å². The molecule has 1 aromatic carbocycles. The summed E-state index contributed by atoms with van der Waals surface area (Å²) < 4.78 is 5.31. The summed E-state index contributed by atoms with van der Waals surface area (Å²) in [6.07, 6.45) is 6.30. The second-order valence-corrected chi connectivity index (χ2v) is 5.21. The quantitative estimate of drug-likeness (QED) is 0.662. The molecule has 0 radical (unpaired) electrons. The van der Waals surface area contributed by atoms with Gasteiger partial charge in [0, 0.05) is 5.69 Å². The summed E-state index contributed by atoms with van der Waals surface area (Å²) >= 11 is 0. The van der Waals surface area contributed by atoms with E-state index in [1.54, 1.807) is 0 Å². The molecule has 1 saturated carbocycles. The lowest BCUT2D eigenvalue weighted by Gasteiger charge is -2.32. The highest BCUT2D eigenvalue weighted by molar-refractivity contribution is 5.84. The Kier molecular flexibility index (Phi) is 4.83. The maximum absolute atomic E-state index is 12.4. The zero-order chi connectivity index (χ0) is 13.6. The third kappa shape index (κ3) is 3.49. The van der Waals surface area contributed by atoms with E-state index in [2.05, 4.69) is 5.32 Å². The van der Waals surface area contributed by atoms with Crippen LogP contribution in [-0.2, 0) is 9.53 Å². The molecule has 1 aliphatic rings. The molecule has 0 atom stereocenters. The number of para-hydroxylation sites is 1. The lowest BCUT2D eigenvalue weighted by Crippen LogP contribution is -2.47. The van der Waals surface area contributed by atoms with Crippen LogP contribution in [0.15, 0.2) is 30.3 Å². The van der Waals surface area contributed by atoms with Gasteiger partial charge < -0.3 is 10.1 Å². The Balaban J connectivity index is 2.20. The smallest absolute Gasteiger partial charge is 0.331 e. The van der Waals surface area contributed by atoms with Crippen molar-refractivity contribution in [1.29, 1.82) is 0 Å². The molecule has 3 nitrogen and oxygen atoms in total. The van der Waals surface area contributed by atoms with E-state index in [1.165, 1.54) is 12.8 Å². The molecule has 0 bridgehead atoms. The van der Waals surface area contributed by atoms with Gasteiger partial charge in [-0.3, -0.25) is 0 Å². The first-order valence-electron chi connectivity index (χ1n) is 7.27. The number of ether oxygens (including phenoxy) is 1. The summed E-state index contributed by atoms with van der Waals surface area (Å²) in [5.41, 5.74) is 0.464. The Bertz CT molecular complexity index is 394. The van der Waals surface area contributed by atoms with Crippen molar-refractivity contribution in [3.8, 4) is 0 Å². The number of rotatable bonds is 4. The number of nitrogens with one attached hydrogen (secondary N) is 1. The molecular weight excluding hydrogens is 238 g/mol. The molecule has 1 fully saturated rings. The van der Waals surface area contributed by atoms with E-state index >= 15 is 0 Å². The van der Waals surface area contributed by atoms with Crippen LogP contribution >= 0.6 is 0 Å². The Morgan fingerprint density at radius 2 is 1.79 bits per heavy atom. The molecule has 1 aromatic rings. The Morgan fingerprint density at radius 3 is 2.37 bits per heavy atom. The lowest BCUT2D eigenvalue weighted by molar-refractivity contribution is -0.149. The highest BCUT2D eigenvalue weighted by Gasteiger charge is 2.39. The maximum Gasteiger partial charge on any atom is 0.331 e. The number of esters is 1. The second kappa shape index (κ2) is 6.60. The summed E-state index contributed by atoms with van der Waals surface area (Å²) in [7, 11) is 0. The van der Waals surface area contributed by atoms with Crippen molar-refractivity contribution in [2.24, 2.45) is 0 Å². The highest BCUT2D eigenvalue weighted by atomic mass is 16.5. The average molecular weight is 261 g/mol. The standard InChI is InChI=1S/C16H23NO2/c1-2-19-15(18)16(12-8-3-4-9-13-16)17-14-10-6-5-7-11-14/h5-7,10-11,17H,2-4,8-9,12-13H2,1H3. The van der Waals surface area contributed by atoms with Crippen LogP contribution in [0.25, 0.3) is 0 Å². The number of carbonyl (C=O) groups excluding carboxylic acids is 1. The summed E-state index contributed by atoms with van der Waals surface area (Å²) in [5, 5.41) is 3.44. The first-order chi connectivity index (χ1) is 9.27. The van der Waals surface area contributed by atoms with E-state index < -0.39 is 5.54 Å². The third-order valence-electron chi connectivity index (χ3n) is 3.78. The van der Waals surface area contributed by atoms with Gasteiger partial charge in [-0.15, -0.1) is 0 Å². The van der Waals surface area contributed by atoms with Gasteiger partial charge in [-0.25, -0.2) is 4.79 Å². The van der Waals surface area contributed by atoms with Gasteiger partial charge in [0.25, 0.3) is 0 Å². The summed E-state index contributed by atoms with van der Waals surface area (Å²) in [5.74, 6) is -0.0965. The van der Waals surface area contributed by atoms with E-state index in [0.29, 0.717) is 6.61 Å². The highest BCUT2D eigenvalue weighted by Crippen LogP contribution is 2.32. The van der Waals surface area contributed by atoms with Crippen LogP contribution < -0.4 is 5.32 Å². The predicted molar refractivity (Wildman–Crippen MR) is 77.1 cm³/mol. The van der Waals surface area contributed by atoms with Crippen LogP contribution in [-0.4, -0.2) is 18.1 Å². The molecule has 0 amide bonds. The molecule has 1 N–H and O–H groups in total. The fourth-order valence-electron chi connectivity index (χ4n) is 2.78. The minimum atomic E-state index is -0.534. The summed E-state index contributed by atoms with van der Waals surface area (Å²) in [6.45, 7) is 2.31. The minimum Gasteiger partial charge on any atom is -0.464 e. The van der Waals surface area contributed by atoms with Gasteiger partial charge >= 0.3 is 5.97 Å². The van der Waals surface area contributed by atoms with E-state index in [0.717, 1.165) is 31.4 Å². The van der Waals surface area contributed by atoms with Crippen molar-refractivity contribution < 1.29 is 9.53 Å². The molecule has 2 rings (SSSR count). The van der Waals surface area contributed by atoms with Crippen LogP contribution in [0.2, 0.25) is 0 Å². The molecule has 3 heteroatoms. The fraction of sp³-hybridized carbons (Fsp3) is 0.562. The fourth-order valence-corrected chi connectivity index (χ4v) is 2.78. The number of carbonyl (C=O) groups is 1. The largest absolute Gasteiger partial charge is 0.464 e. The monoisotopic (exact) mass is 261 g/mol. The molecule has 0 spiro atoms. The number of anilines is 1. The molecular formula is C16H23NO2. The van der Waals surface area contributed by atoms with Gasteiger partial charge in [0.1, 0.15) is 5.54 Å². The molecule has 0 unspecified atom stereocenters. The molecule has 1 aliphatic carbocycles. The lowest BCUT2D eigenvalue weighted by atomic mass is 9.89. The van der Waals surface area contributed by atoms with Crippen molar-refractivity contribution in [2.45, 2.75) is 51.0 Å². The van der Waals surface area contributed by atoms with Gasteiger partial charge in [-0.05, 0) is 31.9 Å². The van der Waals surface area contributed by atoms with E-state index in [4.69, 9.17) is 4.74 Å². The Morgan fingerprint density at radius 1 is 1.16 bits per heavy atom. The molecule has 0 heterocycles. The first kappa shape index (κ1) is 13.9. The minimum absolute atomic E-state index is 0.0965. The van der Waals surface area contributed by atoms with Crippen LogP contribution in [0.1, 0.15) is 45.4 Å². The van der Waals surface area contributed by atoms with Crippen LogP contribution in [0.4, 0.5) is 5.69 Å². The van der Waals surface area contributed by atoms with Crippen LogP contribution in [0.5, 0.6) is 0 Å². The van der Waals surface area contributed by atoms with E-state index in [9.17, 15) is 4.79 Å². The van der Waals surface area contributed by atoms with E-state index in [-0.39, 0.29) is 5.97 Å². The number of hydrogen-bond donors (Lipinski definition) is 1. The zero-order valence-electron chi connectivity index (χ0n) is 11.7. The van der Waals surface area contributed by atoms with Crippen molar-refractivity contribution in [3.63, 3.8) is 0 Å². The van der Waals surface area contributed by atoms with Gasteiger partial charge in [-0.2, -0.15) is 0 Å². The van der Waals surface area contributed by atoms with Gasteiger partial charge in [0.15, 0.2) is 0 Å². The average Bonchev–Trinajstić information content (AvgIpc) is 2.67. The van der Waals surface area contributed by atoms with E-state index in [1.807, 2.05) is 37.3 Å². The molecule has 0 aromatic heterocycles. The van der Waals surface area contributed by atoms with Crippen molar-refractivity contribution >= 4 is 11.7 Å². The Hall–Kier alpha value is -1.51. The van der Waals surface area contributed by atoms with Crippen LogP contribution in [0.3, 0.4) is 0 Å². The predicted octanol–water partition coefficient (Wildman–Crippen LogP) is 3.75. The third-order valence-corrected chi connectivity index (χ3v) is 3.78. The van der Waals surface area contributed by atoms with Gasteiger partial charge in [0.2, 0.25) is 0 Å². The molecule has 0 saturated heterocycles. The van der Waals surface area contributed by atoms with Crippen LogP contribution in [0, 0.1) is 0 Å². The Labute approximate surface area is 115 Å². The van der Waals surface area contributed by atoms with Crippen molar-refractivity contribution in [2.75, 3.05) is 11.9 Å². The molecule has 104 valence electrons. The number of benzene rings is 1. The number of hydrogen-bond acceptors (Lipinski definition) is 3. The summed E-state index contributed by atoms with van der Waals surface area (Å²) in [4.78, 5) is 12.4. The first-order valence-corrected chi connectivity index (χ1v) is 7.27. The van der Waals surface area contributed by atoms with Gasteiger partial charge in [0.05, 0.1) is 6.61 Å². The van der Waals surface area contributed by atoms with Crippen molar-refractivity contribution in [3.05, 3.63) is 30.3 Å². The SMILES string of the molecule is CCOC(=O)C1(Nc2ccccc2)CCCCCC1. The topological polar surface area (TPSA) is 38.3 Å². The molecule has 19 heavy (non-hydrogen) atoms. The maximum atomic E-state index is 12.4. The zero-order valence-corrected chi connectivity index (χ0v) is 11.7. The van der Waals surface area contributed by atoms with Crippen molar-refractivity contribution in [1.82, 2.24) is 0 Å². The summed E-state index contributed by atoms with van der Waals surface area (Å²) in [6, 6.07) is 9.96. The second-order valence-electron chi connectivity index (χ2n) is 5.21. The normalized spacial score (nSPS) is 18.4. The molecule has 0 aliphatic heterocycles.